The number of hydrogen-bond donors (Lipinski definition) is 1. The first kappa shape index (κ1) is 22.8. The number of para-hydroxylation sites is 2. The average molecular weight is 522 g/mol. The quantitative estimate of drug-likeness (QED) is 0.201. The Morgan fingerprint density at radius 3 is 2.67 bits per heavy atom. The molecule has 9 heteroatoms. The second-order valence-corrected chi connectivity index (χ2v) is 8.67. The third-order valence-corrected chi connectivity index (χ3v) is 6.02. The summed E-state index contributed by atoms with van der Waals surface area (Å²) in [6.07, 6.45) is 1.55. The zero-order valence-electron chi connectivity index (χ0n) is 17.7. The van der Waals surface area contributed by atoms with Crippen molar-refractivity contribution >= 4 is 39.8 Å². The third kappa shape index (κ3) is 5.68. The van der Waals surface area contributed by atoms with Crippen molar-refractivity contribution in [2.24, 2.45) is 5.10 Å². The van der Waals surface area contributed by atoms with Gasteiger partial charge in [-0.2, -0.15) is 5.10 Å². The van der Waals surface area contributed by atoms with E-state index < -0.39 is 0 Å². The van der Waals surface area contributed by atoms with Gasteiger partial charge in [0.05, 0.1) is 19.1 Å². The highest BCUT2D eigenvalue weighted by Crippen LogP contribution is 2.29. The van der Waals surface area contributed by atoms with Crippen molar-refractivity contribution < 1.29 is 9.53 Å². The molecule has 1 aromatic heterocycles. The number of benzene rings is 3. The molecule has 0 fully saturated rings. The smallest absolute Gasteiger partial charge is 0.250 e. The van der Waals surface area contributed by atoms with E-state index in [2.05, 4.69) is 36.7 Å². The van der Waals surface area contributed by atoms with E-state index in [0.29, 0.717) is 16.7 Å². The standard InChI is InChI=1S/C24H20BrN5O2S/c1-32-21-13-6-5-8-18(21)15-26-27-22(31)16-33-24-29-28-23(17-9-7-10-19(25)14-17)30(24)20-11-3-2-4-12-20/h2-15H,16H2,1H3,(H,27,31). The Balaban J connectivity index is 1.50. The predicted molar refractivity (Wildman–Crippen MR) is 134 cm³/mol. The Morgan fingerprint density at radius 2 is 1.88 bits per heavy atom. The van der Waals surface area contributed by atoms with E-state index in [4.69, 9.17) is 4.74 Å². The molecule has 4 rings (SSSR count). The number of halogens is 1. The molecule has 1 amide bonds. The zero-order valence-corrected chi connectivity index (χ0v) is 20.1. The summed E-state index contributed by atoms with van der Waals surface area (Å²) in [5, 5.41) is 13.4. The maximum atomic E-state index is 12.4. The van der Waals surface area contributed by atoms with Crippen LogP contribution in [0.1, 0.15) is 5.56 Å². The summed E-state index contributed by atoms with van der Waals surface area (Å²) in [5.74, 6) is 1.26. The molecular formula is C24H20BrN5O2S. The molecule has 4 aromatic rings. The van der Waals surface area contributed by atoms with Crippen molar-refractivity contribution in [2.75, 3.05) is 12.9 Å². The highest BCUT2D eigenvalue weighted by atomic mass is 79.9. The van der Waals surface area contributed by atoms with Crippen molar-refractivity contribution in [3.05, 3.63) is 88.9 Å². The van der Waals surface area contributed by atoms with Crippen LogP contribution in [-0.4, -0.2) is 39.7 Å². The summed E-state index contributed by atoms with van der Waals surface area (Å²) in [6, 6.07) is 25.1. The average Bonchev–Trinajstić information content (AvgIpc) is 3.27. The van der Waals surface area contributed by atoms with Gasteiger partial charge >= 0.3 is 0 Å². The van der Waals surface area contributed by atoms with Gasteiger partial charge in [0.2, 0.25) is 0 Å². The third-order valence-electron chi connectivity index (χ3n) is 4.59. The van der Waals surface area contributed by atoms with E-state index in [1.807, 2.05) is 83.4 Å². The molecule has 0 aliphatic carbocycles. The summed E-state index contributed by atoms with van der Waals surface area (Å²) in [6.45, 7) is 0. The van der Waals surface area contributed by atoms with Crippen LogP contribution in [0.15, 0.2) is 93.6 Å². The fourth-order valence-corrected chi connectivity index (χ4v) is 4.24. The van der Waals surface area contributed by atoms with E-state index in [-0.39, 0.29) is 11.7 Å². The molecule has 0 bridgehead atoms. The molecule has 0 radical (unpaired) electrons. The van der Waals surface area contributed by atoms with E-state index in [1.165, 1.54) is 11.8 Å². The predicted octanol–water partition coefficient (Wildman–Crippen LogP) is 4.95. The Kier molecular flexibility index (Phi) is 7.54. The van der Waals surface area contributed by atoms with Gasteiger partial charge in [-0.15, -0.1) is 10.2 Å². The lowest BCUT2D eigenvalue weighted by Crippen LogP contribution is -2.20. The first-order valence-corrected chi connectivity index (χ1v) is 11.8. The summed E-state index contributed by atoms with van der Waals surface area (Å²) in [4.78, 5) is 12.4. The van der Waals surface area contributed by atoms with Gasteiger partial charge in [-0.25, -0.2) is 5.43 Å². The first-order valence-electron chi connectivity index (χ1n) is 10.00. The lowest BCUT2D eigenvalue weighted by atomic mass is 10.2. The van der Waals surface area contributed by atoms with Gasteiger partial charge in [-0.05, 0) is 36.4 Å². The Morgan fingerprint density at radius 1 is 1.09 bits per heavy atom. The molecule has 0 spiro atoms. The number of methoxy groups -OCH3 is 1. The number of hydrogen-bond acceptors (Lipinski definition) is 6. The molecule has 0 aliphatic rings. The molecule has 1 N–H and O–H groups in total. The molecule has 33 heavy (non-hydrogen) atoms. The minimum absolute atomic E-state index is 0.132. The normalized spacial score (nSPS) is 11.0. The van der Waals surface area contributed by atoms with Gasteiger partial charge in [0.15, 0.2) is 11.0 Å². The molecule has 0 saturated heterocycles. The maximum absolute atomic E-state index is 12.4. The number of aromatic nitrogens is 3. The highest BCUT2D eigenvalue weighted by Gasteiger charge is 2.17. The van der Waals surface area contributed by atoms with Gasteiger partial charge < -0.3 is 4.74 Å². The summed E-state index contributed by atoms with van der Waals surface area (Å²) in [5.41, 5.74) is 5.15. The van der Waals surface area contributed by atoms with Crippen LogP contribution in [0, 0.1) is 0 Å². The number of carbonyl (C=O) groups is 1. The maximum Gasteiger partial charge on any atom is 0.250 e. The van der Waals surface area contributed by atoms with E-state index in [9.17, 15) is 4.79 Å². The van der Waals surface area contributed by atoms with Crippen LogP contribution in [0.5, 0.6) is 5.75 Å². The second-order valence-electron chi connectivity index (χ2n) is 6.81. The van der Waals surface area contributed by atoms with E-state index >= 15 is 0 Å². The molecule has 3 aromatic carbocycles. The molecule has 0 saturated carbocycles. The fourth-order valence-electron chi connectivity index (χ4n) is 3.10. The van der Waals surface area contributed by atoms with E-state index in [1.54, 1.807) is 13.3 Å². The zero-order chi connectivity index (χ0) is 23.0. The summed E-state index contributed by atoms with van der Waals surface area (Å²) >= 11 is 4.80. The van der Waals surface area contributed by atoms with Crippen LogP contribution < -0.4 is 10.2 Å². The summed E-state index contributed by atoms with van der Waals surface area (Å²) < 4.78 is 8.17. The number of carbonyl (C=O) groups excluding carboxylic acids is 1. The van der Waals surface area contributed by atoms with Gasteiger partial charge in [0.25, 0.3) is 5.91 Å². The van der Waals surface area contributed by atoms with Crippen molar-refractivity contribution in [2.45, 2.75) is 5.16 Å². The number of hydrazone groups is 1. The van der Waals surface area contributed by atoms with Crippen molar-refractivity contribution in [1.29, 1.82) is 0 Å². The van der Waals surface area contributed by atoms with Crippen LogP contribution in [0.2, 0.25) is 0 Å². The number of nitrogens with one attached hydrogen (secondary N) is 1. The highest BCUT2D eigenvalue weighted by molar-refractivity contribution is 9.10. The Bertz CT molecular complexity index is 1280. The van der Waals surface area contributed by atoms with Crippen molar-refractivity contribution in [3.8, 4) is 22.8 Å². The van der Waals surface area contributed by atoms with Crippen LogP contribution in [-0.2, 0) is 4.79 Å². The molecule has 7 nitrogen and oxygen atoms in total. The fraction of sp³-hybridized carbons (Fsp3) is 0.0833. The number of rotatable bonds is 8. The molecule has 0 unspecified atom stereocenters. The van der Waals surface area contributed by atoms with Gasteiger partial charge in [0, 0.05) is 21.3 Å². The van der Waals surface area contributed by atoms with Crippen LogP contribution >= 0.6 is 27.7 Å². The van der Waals surface area contributed by atoms with Crippen molar-refractivity contribution in [1.82, 2.24) is 20.2 Å². The Hall–Kier alpha value is -3.43. The number of nitrogens with zero attached hydrogens (tertiary/aromatic N) is 4. The lowest BCUT2D eigenvalue weighted by molar-refractivity contribution is -0.118. The van der Waals surface area contributed by atoms with Crippen molar-refractivity contribution in [3.63, 3.8) is 0 Å². The first-order chi connectivity index (χ1) is 16.2. The SMILES string of the molecule is COc1ccccc1C=NNC(=O)CSc1nnc(-c2cccc(Br)c2)n1-c1ccccc1. The molecule has 0 atom stereocenters. The summed E-state index contributed by atoms with van der Waals surface area (Å²) in [7, 11) is 1.59. The van der Waals surface area contributed by atoms with Crippen LogP contribution in [0.25, 0.3) is 17.1 Å². The van der Waals surface area contributed by atoms with Gasteiger partial charge in [-0.3, -0.25) is 9.36 Å². The Labute approximate surface area is 204 Å². The molecular weight excluding hydrogens is 502 g/mol. The minimum Gasteiger partial charge on any atom is -0.496 e. The molecule has 0 aliphatic heterocycles. The lowest BCUT2D eigenvalue weighted by Gasteiger charge is -2.10. The van der Waals surface area contributed by atoms with Gasteiger partial charge in [0.1, 0.15) is 5.75 Å². The minimum atomic E-state index is -0.252. The van der Waals surface area contributed by atoms with Crippen LogP contribution in [0.4, 0.5) is 0 Å². The number of thioether (sulfide) groups is 1. The largest absolute Gasteiger partial charge is 0.496 e. The van der Waals surface area contributed by atoms with Crippen LogP contribution in [0.3, 0.4) is 0 Å². The monoisotopic (exact) mass is 521 g/mol. The molecule has 166 valence electrons. The number of amides is 1. The van der Waals surface area contributed by atoms with E-state index in [0.717, 1.165) is 21.3 Å². The topological polar surface area (TPSA) is 81.4 Å². The molecule has 1 heterocycles. The number of ether oxygens (including phenoxy) is 1. The van der Waals surface area contributed by atoms with Gasteiger partial charge in [-0.1, -0.05) is 70.2 Å². The second kappa shape index (κ2) is 10.9.